The average Bonchev–Trinajstić information content (AvgIpc) is 3.35. The summed E-state index contributed by atoms with van der Waals surface area (Å²) in [5, 5.41) is 21.1. The lowest BCUT2D eigenvalue weighted by molar-refractivity contribution is -0.140. The maximum Gasteiger partial charge on any atom is 0.406 e. The lowest BCUT2D eigenvalue weighted by atomic mass is 10.0. The molecule has 1 fully saturated rings. The average molecular weight is 668 g/mol. The number of rotatable bonds is 15. The topological polar surface area (TPSA) is 140 Å². The quantitative estimate of drug-likeness (QED) is 0.142. The molecule has 2 aromatic carbocycles. The van der Waals surface area contributed by atoms with E-state index in [-0.39, 0.29) is 35.5 Å². The molecule has 5 N–H and O–H groups in total. The number of primary sulfonamides is 1. The molecule has 0 aliphatic carbocycles. The number of fused-ring (bicyclic) bond motifs is 1. The molecule has 4 rings (SSSR count). The number of piperidine rings is 1. The van der Waals surface area contributed by atoms with E-state index >= 15 is 0 Å². The monoisotopic (exact) mass is 667 g/mol. The summed E-state index contributed by atoms with van der Waals surface area (Å²) in [5.41, 5.74) is 1.85. The van der Waals surface area contributed by atoms with E-state index in [9.17, 15) is 21.6 Å². The second kappa shape index (κ2) is 16.3. The van der Waals surface area contributed by atoms with Crippen molar-refractivity contribution in [1.29, 1.82) is 0 Å². The Hall–Kier alpha value is -3.52. The Labute approximate surface area is 266 Å². The number of aromatic nitrogens is 1. The van der Waals surface area contributed by atoms with E-state index in [4.69, 9.17) is 24.5 Å². The smallest absolute Gasteiger partial charge is 0.406 e. The minimum atomic E-state index is -4.45. The largest absolute Gasteiger partial charge is 0.495 e. The summed E-state index contributed by atoms with van der Waals surface area (Å²) in [6, 6.07) is 11.2. The lowest BCUT2D eigenvalue weighted by Crippen LogP contribution is -2.40. The molecule has 252 valence electrons. The van der Waals surface area contributed by atoms with Crippen molar-refractivity contribution in [3.05, 3.63) is 48.2 Å². The van der Waals surface area contributed by atoms with Crippen molar-refractivity contribution < 1.29 is 40.9 Å². The number of alkyl halides is 3. The first kappa shape index (κ1) is 35.3. The van der Waals surface area contributed by atoms with E-state index in [1.807, 2.05) is 6.07 Å². The molecule has 1 aliphatic heterocycles. The molecular formula is C31H40F3N5O6S. The van der Waals surface area contributed by atoms with Crippen LogP contribution in [0.2, 0.25) is 0 Å². The molecule has 0 bridgehead atoms. The molecule has 0 spiro atoms. The van der Waals surface area contributed by atoms with Crippen LogP contribution in [0.25, 0.3) is 10.9 Å². The van der Waals surface area contributed by atoms with Gasteiger partial charge >= 0.3 is 6.18 Å². The Balaban J connectivity index is 1.41. The van der Waals surface area contributed by atoms with Crippen molar-refractivity contribution in [3.63, 3.8) is 0 Å². The minimum Gasteiger partial charge on any atom is -0.495 e. The van der Waals surface area contributed by atoms with Crippen LogP contribution >= 0.6 is 0 Å². The van der Waals surface area contributed by atoms with Crippen LogP contribution in [0.4, 0.5) is 24.5 Å². The number of hydrogen-bond donors (Lipinski definition) is 4. The number of benzene rings is 2. The lowest BCUT2D eigenvalue weighted by Gasteiger charge is -2.32. The number of nitrogens with two attached hydrogens (primary N) is 1. The third-order valence-corrected chi connectivity index (χ3v) is 8.39. The number of sulfonamides is 1. The zero-order chi connectivity index (χ0) is 33.2. The van der Waals surface area contributed by atoms with Gasteiger partial charge in [0.15, 0.2) is 0 Å². The molecule has 0 saturated carbocycles. The van der Waals surface area contributed by atoms with E-state index in [1.54, 1.807) is 18.2 Å². The van der Waals surface area contributed by atoms with Crippen molar-refractivity contribution in [3.8, 4) is 17.6 Å². The van der Waals surface area contributed by atoms with Gasteiger partial charge in [-0.1, -0.05) is 12.0 Å². The van der Waals surface area contributed by atoms with Crippen LogP contribution < -0.4 is 20.5 Å². The van der Waals surface area contributed by atoms with Gasteiger partial charge in [0.25, 0.3) is 0 Å². The fourth-order valence-electron chi connectivity index (χ4n) is 5.23. The summed E-state index contributed by atoms with van der Waals surface area (Å²) < 4.78 is 81.4. The highest BCUT2D eigenvalue weighted by molar-refractivity contribution is 7.89. The number of halogens is 3. The number of likely N-dealkylation sites (tertiary alicyclic amines) is 1. The molecular weight excluding hydrogens is 627 g/mol. The van der Waals surface area contributed by atoms with Crippen molar-refractivity contribution >= 4 is 32.3 Å². The highest BCUT2D eigenvalue weighted by Crippen LogP contribution is 2.31. The summed E-state index contributed by atoms with van der Waals surface area (Å²) in [7, 11) is -2.55. The van der Waals surface area contributed by atoms with Gasteiger partial charge in [-0.15, -0.1) is 0 Å². The molecule has 1 saturated heterocycles. The number of aliphatic hydroxyl groups excluding tert-OH is 1. The number of aliphatic hydroxyl groups is 1. The molecule has 0 radical (unpaired) electrons. The summed E-state index contributed by atoms with van der Waals surface area (Å²) in [6.45, 7) is 3.21. The molecule has 0 amide bonds. The predicted molar refractivity (Wildman–Crippen MR) is 170 cm³/mol. The van der Waals surface area contributed by atoms with Crippen molar-refractivity contribution in [2.75, 3.05) is 77.0 Å². The van der Waals surface area contributed by atoms with Crippen molar-refractivity contribution in [2.45, 2.75) is 36.5 Å². The maximum absolute atomic E-state index is 13.6. The van der Waals surface area contributed by atoms with Gasteiger partial charge in [0.2, 0.25) is 10.0 Å². The molecule has 15 heteroatoms. The second-order valence-electron chi connectivity index (χ2n) is 10.7. The van der Waals surface area contributed by atoms with Crippen molar-refractivity contribution in [1.82, 2.24) is 9.47 Å². The first-order chi connectivity index (χ1) is 22.0. The first-order valence-corrected chi connectivity index (χ1v) is 16.4. The maximum atomic E-state index is 13.6. The fraction of sp³-hybridized carbons (Fsp3) is 0.484. The number of methoxy groups -OCH3 is 1. The summed E-state index contributed by atoms with van der Waals surface area (Å²) in [5.74, 6) is 5.98. The fourth-order valence-corrected chi connectivity index (χ4v) is 5.76. The number of anilines is 2. The highest BCUT2D eigenvalue weighted by atomic mass is 32.2. The normalized spacial score (nSPS) is 14.7. The molecule has 46 heavy (non-hydrogen) atoms. The molecule has 11 nitrogen and oxygen atoms in total. The molecule has 0 unspecified atom stereocenters. The molecule has 0 atom stereocenters. The Kier molecular flexibility index (Phi) is 12.6. The summed E-state index contributed by atoms with van der Waals surface area (Å²) in [4.78, 5) is 2.20. The molecule has 2 heterocycles. The first-order valence-electron chi connectivity index (χ1n) is 14.9. The van der Waals surface area contributed by atoms with E-state index in [2.05, 4.69) is 27.4 Å². The van der Waals surface area contributed by atoms with Gasteiger partial charge in [-0.2, -0.15) is 13.2 Å². The third-order valence-electron chi connectivity index (χ3n) is 7.48. The standard InChI is InChI=1S/C31H40F3N5O6S/c1-43-30-21-25(46(35,41)42)7-8-28(30)36-11-3-4-24-20-26-27(5-2-6-29(26)39(24)22-31(32,33)34)37-23-9-12-38(13-10-23)14-16-44-18-19-45-17-15-40/h2,5-8,20-21,23,36-37,40H,9-19,22H2,1H3,(H2,35,41,42). The second-order valence-corrected chi connectivity index (χ2v) is 12.3. The Morgan fingerprint density at radius 1 is 1.04 bits per heavy atom. The van der Waals surface area contributed by atoms with Gasteiger partial charge in [-0.3, -0.25) is 0 Å². The molecule has 1 aromatic heterocycles. The van der Waals surface area contributed by atoms with Gasteiger partial charge in [-0.25, -0.2) is 13.6 Å². The van der Waals surface area contributed by atoms with Gasteiger partial charge in [0, 0.05) is 42.8 Å². The zero-order valence-electron chi connectivity index (χ0n) is 25.6. The van der Waals surface area contributed by atoms with Crippen LogP contribution in [0.1, 0.15) is 18.5 Å². The third kappa shape index (κ3) is 10.2. The summed E-state index contributed by atoms with van der Waals surface area (Å²) in [6.07, 6.45) is -2.70. The van der Waals surface area contributed by atoms with Crippen LogP contribution in [0.3, 0.4) is 0 Å². The van der Waals surface area contributed by atoms with Gasteiger partial charge < -0.3 is 39.4 Å². The zero-order valence-corrected chi connectivity index (χ0v) is 26.4. The minimum absolute atomic E-state index is 0.00783. The van der Waals surface area contributed by atoms with Crippen LogP contribution in [0.15, 0.2) is 47.4 Å². The number of nitrogens with zero attached hydrogens (tertiary/aromatic N) is 2. The van der Waals surface area contributed by atoms with E-state index in [0.29, 0.717) is 43.0 Å². The summed E-state index contributed by atoms with van der Waals surface area (Å²) >= 11 is 0. The van der Waals surface area contributed by atoms with Crippen LogP contribution in [0, 0.1) is 11.8 Å². The number of hydrogen-bond acceptors (Lipinski definition) is 9. The number of ether oxygens (including phenoxy) is 3. The Bertz CT molecular complexity index is 1610. The van der Waals surface area contributed by atoms with Crippen LogP contribution in [0.5, 0.6) is 5.75 Å². The molecule has 3 aromatic rings. The SMILES string of the molecule is COc1cc(S(N)(=O)=O)ccc1NCC#Cc1cc2c(NC3CCN(CCOCCOCCO)CC3)cccc2n1CC(F)(F)F. The van der Waals surface area contributed by atoms with Crippen LogP contribution in [-0.2, 0) is 26.0 Å². The van der Waals surface area contributed by atoms with Gasteiger partial charge in [0.05, 0.1) is 68.5 Å². The Morgan fingerprint density at radius 3 is 2.46 bits per heavy atom. The predicted octanol–water partition coefficient (Wildman–Crippen LogP) is 3.23. The highest BCUT2D eigenvalue weighted by Gasteiger charge is 2.30. The van der Waals surface area contributed by atoms with Crippen molar-refractivity contribution in [2.24, 2.45) is 5.14 Å². The van der Waals surface area contributed by atoms with E-state index in [1.165, 1.54) is 29.9 Å². The van der Waals surface area contributed by atoms with E-state index < -0.39 is 22.7 Å². The van der Waals surface area contributed by atoms with Crippen LogP contribution in [-0.4, -0.2) is 102 Å². The number of nitrogens with one attached hydrogen (secondary N) is 2. The van der Waals surface area contributed by atoms with E-state index in [0.717, 1.165) is 38.2 Å². The molecule has 1 aliphatic rings. The van der Waals surface area contributed by atoms with Gasteiger partial charge in [-0.05, 0) is 49.1 Å². The van der Waals surface area contributed by atoms with Gasteiger partial charge in [0.1, 0.15) is 12.3 Å². The Morgan fingerprint density at radius 2 is 1.78 bits per heavy atom.